The van der Waals surface area contributed by atoms with Crippen molar-refractivity contribution in [3.05, 3.63) is 133 Å². The zero-order valence-corrected chi connectivity index (χ0v) is 46.1. The third-order valence-electron chi connectivity index (χ3n) is 13.7. The summed E-state index contributed by atoms with van der Waals surface area (Å²) in [7, 11) is 3.00. The minimum absolute atomic E-state index is 0.0525. The van der Waals surface area contributed by atoms with Crippen molar-refractivity contribution in [3.8, 4) is 27.7 Å². The summed E-state index contributed by atoms with van der Waals surface area (Å²) in [6, 6.07) is 14.5. The number of imidazole rings is 1. The Bertz CT molecular complexity index is 3240. The molecule has 4 N–H and O–H groups in total. The molecule has 0 bridgehead atoms. The number of amides is 5. The predicted molar refractivity (Wildman–Crippen MR) is 292 cm³/mol. The molecule has 2 aromatic carbocycles. The van der Waals surface area contributed by atoms with Crippen LogP contribution in [0.1, 0.15) is 129 Å². The molecule has 76 heavy (non-hydrogen) atoms. The number of thiazole rings is 1. The van der Waals surface area contributed by atoms with Gasteiger partial charge in [0.2, 0.25) is 23.6 Å². The van der Waals surface area contributed by atoms with Gasteiger partial charge in [-0.15, -0.1) is 11.3 Å². The number of β-amino-alcohol motifs (C(OH)–C–C–N with tert-alkyl or cyclic N) is 1. The van der Waals surface area contributed by atoms with E-state index in [0.717, 1.165) is 21.7 Å². The van der Waals surface area contributed by atoms with Crippen LogP contribution in [-0.2, 0) is 21.4 Å². The highest BCUT2D eigenvalue weighted by Gasteiger charge is 2.47. The lowest BCUT2D eigenvalue weighted by Gasteiger charge is -2.35. The van der Waals surface area contributed by atoms with Crippen LogP contribution < -0.4 is 31.1 Å². The third kappa shape index (κ3) is 11.4. The fourth-order valence-corrected chi connectivity index (χ4v) is 11.0. The van der Waals surface area contributed by atoms with Crippen molar-refractivity contribution in [1.82, 2.24) is 44.9 Å². The number of unbranched alkanes of at least 4 members (excludes halogenated alkanes) is 1. The van der Waals surface area contributed by atoms with Crippen LogP contribution >= 0.6 is 34.5 Å². The largest absolute Gasteiger partial charge is 0.480 e. The Morgan fingerprint density at radius 2 is 1.66 bits per heavy atom. The molecule has 0 saturated carbocycles. The molecule has 5 atom stereocenters. The van der Waals surface area contributed by atoms with E-state index in [0.29, 0.717) is 40.5 Å². The zero-order chi connectivity index (χ0) is 54.9. The lowest BCUT2D eigenvalue weighted by Crippen LogP contribution is -2.57. The zero-order valence-electron chi connectivity index (χ0n) is 43.8. The quantitative estimate of drug-likeness (QED) is 0.0641. The van der Waals surface area contributed by atoms with Gasteiger partial charge in [0.1, 0.15) is 29.6 Å². The topological polar surface area (TPSA) is 223 Å². The smallest absolute Gasteiger partial charge is 0.279 e. The van der Waals surface area contributed by atoms with E-state index in [2.05, 4.69) is 25.9 Å². The Morgan fingerprint density at radius 1 is 0.947 bits per heavy atom. The first-order chi connectivity index (χ1) is 36.1. The minimum atomic E-state index is -0.998. The molecule has 6 aromatic rings. The van der Waals surface area contributed by atoms with Gasteiger partial charge in [-0.05, 0) is 86.9 Å². The summed E-state index contributed by atoms with van der Waals surface area (Å²) in [5.74, 6) is -1.75. The number of pyridine rings is 2. The Morgan fingerprint density at radius 3 is 2.30 bits per heavy atom. The molecule has 0 unspecified atom stereocenters. The second-order valence-corrected chi connectivity index (χ2v) is 22.3. The van der Waals surface area contributed by atoms with Gasteiger partial charge in [0, 0.05) is 56.4 Å². The number of methoxy groups -OCH3 is 1. The van der Waals surface area contributed by atoms with E-state index in [1.807, 2.05) is 77.3 Å². The monoisotopic (exact) mass is 1090 g/mol. The van der Waals surface area contributed by atoms with Gasteiger partial charge < -0.3 is 39.8 Å². The molecule has 400 valence electrons. The molecule has 4 aromatic heterocycles. The van der Waals surface area contributed by atoms with E-state index >= 15 is 0 Å². The van der Waals surface area contributed by atoms with Gasteiger partial charge in [-0.25, -0.2) is 15.0 Å². The molecular formula is C55H62Cl2N10O8S. The second-order valence-electron chi connectivity index (χ2n) is 20.6. The number of carbonyl (C=O) groups excluding carboxylic acids is 5. The number of fused-ring (bicyclic) bond motifs is 1. The number of aliphatic hydroxyl groups is 1. The van der Waals surface area contributed by atoms with Crippen LogP contribution in [0.25, 0.3) is 21.8 Å². The maximum absolute atomic E-state index is 14.6. The van der Waals surface area contributed by atoms with E-state index in [9.17, 15) is 33.9 Å². The highest BCUT2D eigenvalue weighted by molar-refractivity contribution is 7.13. The van der Waals surface area contributed by atoms with Crippen LogP contribution in [0.4, 0.5) is 5.69 Å². The maximum atomic E-state index is 14.6. The molecule has 5 amide bonds. The van der Waals surface area contributed by atoms with Crippen LogP contribution in [0.5, 0.6) is 5.88 Å². The van der Waals surface area contributed by atoms with Crippen molar-refractivity contribution >= 4 is 69.8 Å². The van der Waals surface area contributed by atoms with E-state index in [1.165, 1.54) is 39.9 Å². The van der Waals surface area contributed by atoms with Crippen molar-refractivity contribution < 1.29 is 33.8 Å². The van der Waals surface area contributed by atoms with Gasteiger partial charge in [0.15, 0.2) is 5.69 Å². The normalized spacial score (nSPS) is 17.2. The highest BCUT2D eigenvalue weighted by atomic mass is 35.5. The van der Waals surface area contributed by atoms with Gasteiger partial charge >= 0.3 is 0 Å². The summed E-state index contributed by atoms with van der Waals surface area (Å²) >= 11 is 14.3. The SMILES string of the molecule is COc1ncc(C(=O)NCCCCC(=O)N[C@H](C(=O)N2C[C@H](O)C[C@H]2C(=O)N[C@@H](C)c2ccc(-c3scnc3C)cc2)C(C)(C)C)cc1-c1nc2c(n1C(C)C)[C@H](c1ccc(Cl)cc1)N(c1cc(Cl)cn(C)c1=O)C2=O. The van der Waals surface area contributed by atoms with E-state index in [4.69, 9.17) is 32.9 Å². The molecule has 0 aliphatic carbocycles. The summed E-state index contributed by atoms with van der Waals surface area (Å²) in [6.07, 6.45) is 2.83. The molecule has 1 saturated heterocycles. The molecule has 1 fully saturated rings. The van der Waals surface area contributed by atoms with Gasteiger partial charge in [0.25, 0.3) is 17.4 Å². The van der Waals surface area contributed by atoms with Gasteiger partial charge in [-0.2, -0.15) is 0 Å². The maximum Gasteiger partial charge on any atom is 0.279 e. The first-order valence-electron chi connectivity index (χ1n) is 25.1. The van der Waals surface area contributed by atoms with E-state index < -0.39 is 58.8 Å². The number of aromatic nitrogens is 5. The molecule has 0 spiro atoms. The predicted octanol–water partition coefficient (Wildman–Crippen LogP) is 7.99. The highest BCUT2D eigenvalue weighted by Crippen LogP contribution is 2.45. The van der Waals surface area contributed by atoms with Crippen LogP contribution in [0.3, 0.4) is 0 Å². The molecule has 0 radical (unpaired) electrons. The average Bonchev–Trinajstić information content (AvgIpc) is 4.17. The second kappa shape index (κ2) is 22.7. The molecular weight excluding hydrogens is 1030 g/mol. The number of likely N-dealkylation sites (tertiary alicyclic amines) is 1. The number of hydrogen-bond acceptors (Lipinski definition) is 12. The van der Waals surface area contributed by atoms with Crippen LogP contribution in [-0.4, -0.2) is 102 Å². The third-order valence-corrected chi connectivity index (χ3v) is 15.1. The number of aryl methyl sites for hydroxylation is 2. The van der Waals surface area contributed by atoms with Crippen molar-refractivity contribution in [3.63, 3.8) is 0 Å². The fraction of sp³-hybridized carbons (Fsp3) is 0.400. The molecule has 2 aliphatic rings. The van der Waals surface area contributed by atoms with Gasteiger partial charge in [-0.1, -0.05) is 80.4 Å². The standard InChI is InChI=1S/C55H62Cl2N10O8S/c1-29(2)66-45-43(53(73)67(41-23-37(57)26-64(8)52(41)72)44(45)33-17-19-36(56)20-18-33)63-48(66)39-22-35(25-59-51(39)75-9)49(70)58-21-11-10-12-42(69)62-47(55(5,6)7)54(74)65-27-38(68)24-40(65)50(71)61-30(3)32-13-15-34(16-14-32)46-31(4)60-28-76-46/h13-20,22-23,25-26,28-30,38,40,44,47,68H,10-12,21,24,27H2,1-9H3,(H,58,70)(H,61,71)(H,62,69)/t30-,38+,40-,44-,47+/m0/s1. The lowest BCUT2D eigenvalue weighted by molar-refractivity contribution is -0.144. The first kappa shape index (κ1) is 55.3. The molecule has 6 heterocycles. The summed E-state index contributed by atoms with van der Waals surface area (Å²) in [4.78, 5) is 101. The summed E-state index contributed by atoms with van der Waals surface area (Å²) in [5.41, 5.74) is 5.34. The van der Waals surface area contributed by atoms with E-state index in [-0.39, 0.29) is 71.8 Å². The number of ether oxygens (including phenoxy) is 1. The number of nitrogens with zero attached hydrogens (tertiary/aromatic N) is 7. The van der Waals surface area contributed by atoms with Crippen LogP contribution in [0, 0.1) is 12.3 Å². The number of nitrogens with one attached hydrogen (secondary N) is 3. The first-order valence-corrected chi connectivity index (χ1v) is 26.7. The average molecular weight is 1090 g/mol. The fourth-order valence-electron chi connectivity index (χ4n) is 9.82. The summed E-state index contributed by atoms with van der Waals surface area (Å²) in [6.45, 7) is 13.3. The van der Waals surface area contributed by atoms with Crippen LogP contribution in [0.15, 0.2) is 83.4 Å². The number of halogens is 2. The number of hydrogen-bond donors (Lipinski definition) is 4. The minimum Gasteiger partial charge on any atom is -0.480 e. The van der Waals surface area contributed by atoms with Crippen molar-refractivity contribution in [2.24, 2.45) is 12.5 Å². The molecule has 8 rings (SSSR count). The number of benzene rings is 2. The Balaban J connectivity index is 0.910. The van der Waals surface area contributed by atoms with Gasteiger partial charge in [0.05, 0.1) is 57.2 Å². The lowest BCUT2D eigenvalue weighted by atomic mass is 9.85. The Labute approximate surface area is 454 Å². The Kier molecular flexibility index (Phi) is 16.5. The summed E-state index contributed by atoms with van der Waals surface area (Å²) in [5, 5.41) is 20.3. The molecule has 21 heteroatoms. The van der Waals surface area contributed by atoms with E-state index in [1.54, 1.807) is 54.2 Å². The number of anilines is 1. The van der Waals surface area contributed by atoms with Crippen molar-refractivity contribution in [2.75, 3.05) is 25.1 Å². The Hall–Kier alpha value is -6.93. The van der Waals surface area contributed by atoms with Crippen molar-refractivity contribution in [1.29, 1.82) is 0 Å². The summed E-state index contributed by atoms with van der Waals surface area (Å²) < 4.78 is 8.88. The number of aliphatic hydroxyl groups excluding tert-OH is 1. The van der Waals surface area contributed by atoms with Crippen molar-refractivity contribution in [2.45, 2.75) is 110 Å². The molecule has 2 aliphatic heterocycles. The number of carbonyl (C=O) groups is 5. The van der Waals surface area contributed by atoms with Crippen LogP contribution in [0.2, 0.25) is 10.0 Å². The van der Waals surface area contributed by atoms with Gasteiger partial charge in [-0.3, -0.25) is 33.7 Å². The molecule has 18 nitrogen and oxygen atoms in total. The number of rotatable bonds is 17.